The van der Waals surface area contributed by atoms with Crippen LogP contribution in [-0.4, -0.2) is 6.29 Å². The van der Waals surface area contributed by atoms with Crippen LogP contribution in [0.25, 0.3) is 0 Å². The number of aryl methyl sites for hydroxylation is 1. The van der Waals surface area contributed by atoms with Crippen LogP contribution in [0.4, 0.5) is 26.3 Å². The third-order valence-electron chi connectivity index (χ3n) is 5.23. The van der Waals surface area contributed by atoms with Gasteiger partial charge in [-0.15, -0.1) is 0 Å². The Labute approximate surface area is 163 Å². The van der Waals surface area contributed by atoms with E-state index in [-0.39, 0.29) is 11.6 Å². The Hall–Kier alpha value is -2.51. The van der Waals surface area contributed by atoms with Crippen LogP contribution in [0, 0.1) is 0 Å². The molecule has 0 bridgehead atoms. The van der Waals surface area contributed by atoms with Gasteiger partial charge in [0.1, 0.15) is 18.6 Å². The fraction of sp³-hybridized carbons (Fsp3) is 0.381. The summed E-state index contributed by atoms with van der Waals surface area (Å²) in [6.07, 6.45) is -6.70. The van der Waals surface area contributed by atoms with Crippen molar-refractivity contribution in [3.8, 4) is 5.75 Å². The second-order valence-corrected chi connectivity index (χ2v) is 7.36. The summed E-state index contributed by atoms with van der Waals surface area (Å²) in [6, 6.07) is 6.44. The van der Waals surface area contributed by atoms with Gasteiger partial charge in [-0.3, -0.25) is 0 Å². The summed E-state index contributed by atoms with van der Waals surface area (Å²) in [7, 11) is 0. The average Bonchev–Trinajstić information content (AvgIpc) is 2.65. The highest BCUT2D eigenvalue weighted by Crippen LogP contribution is 2.39. The molecule has 2 aromatic carbocycles. The largest absolute Gasteiger partial charge is 0.489 e. The van der Waals surface area contributed by atoms with Crippen LogP contribution in [0.15, 0.2) is 36.4 Å². The van der Waals surface area contributed by atoms with E-state index >= 15 is 0 Å². The van der Waals surface area contributed by atoms with Crippen molar-refractivity contribution in [1.82, 2.24) is 0 Å². The standard InChI is InChI=1S/C21H18F6O2/c1-19(12-28)8-2-3-13-9-16(6-7-17(13)19)29-11-14-4-5-15(20(22,23)24)10-18(14)21(25,26)27/h4-7,9-10,12H,2-3,8,11H2,1H3. The van der Waals surface area contributed by atoms with Crippen molar-refractivity contribution in [2.45, 2.75) is 50.6 Å². The zero-order valence-corrected chi connectivity index (χ0v) is 15.5. The highest BCUT2D eigenvalue weighted by Gasteiger charge is 2.38. The Balaban J connectivity index is 1.86. The molecular formula is C21H18F6O2. The fourth-order valence-corrected chi connectivity index (χ4v) is 3.63. The van der Waals surface area contributed by atoms with Crippen molar-refractivity contribution in [3.05, 3.63) is 64.2 Å². The number of hydrogen-bond donors (Lipinski definition) is 0. The minimum absolute atomic E-state index is 0.0983. The molecule has 156 valence electrons. The molecule has 0 saturated heterocycles. The van der Waals surface area contributed by atoms with Gasteiger partial charge in [0.2, 0.25) is 0 Å². The Morgan fingerprint density at radius 2 is 1.76 bits per heavy atom. The number of halogens is 6. The van der Waals surface area contributed by atoms with Crippen LogP contribution in [0.2, 0.25) is 0 Å². The van der Waals surface area contributed by atoms with Crippen LogP contribution >= 0.6 is 0 Å². The van der Waals surface area contributed by atoms with Crippen molar-refractivity contribution in [1.29, 1.82) is 0 Å². The number of rotatable bonds is 4. The van der Waals surface area contributed by atoms with E-state index in [1.165, 1.54) is 0 Å². The van der Waals surface area contributed by atoms with Gasteiger partial charge in [0.25, 0.3) is 0 Å². The van der Waals surface area contributed by atoms with E-state index in [2.05, 4.69) is 0 Å². The molecule has 8 heteroatoms. The number of ether oxygens (including phenoxy) is 1. The molecule has 0 fully saturated rings. The Morgan fingerprint density at radius 1 is 1.03 bits per heavy atom. The maximum Gasteiger partial charge on any atom is 0.416 e. The van der Waals surface area contributed by atoms with Crippen LogP contribution in [0.3, 0.4) is 0 Å². The minimum Gasteiger partial charge on any atom is -0.489 e. The van der Waals surface area contributed by atoms with E-state index < -0.39 is 35.5 Å². The number of aldehydes is 1. The van der Waals surface area contributed by atoms with Gasteiger partial charge >= 0.3 is 12.4 Å². The molecule has 0 heterocycles. The maximum absolute atomic E-state index is 13.2. The molecule has 0 aliphatic heterocycles. The molecule has 2 aromatic rings. The summed E-state index contributed by atoms with van der Waals surface area (Å²) in [4.78, 5) is 11.5. The number of benzene rings is 2. The molecule has 1 atom stereocenters. The van der Waals surface area contributed by atoms with Gasteiger partial charge in [-0.05, 0) is 61.6 Å². The number of hydrogen-bond acceptors (Lipinski definition) is 2. The lowest BCUT2D eigenvalue weighted by Gasteiger charge is -2.31. The maximum atomic E-state index is 13.2. The predicted molar refractivity (Wildman–Crippen MR) is 93.6 cm³/mol. The normalized spacial score (nSPS) is 19.6. The lowest BCUT2D eigenvalue weighted by molar-refractivity contribution is -0.143. The first-order valence-corrected chi connectivity index (χ1v) is 8.94. The zero-order chi connectivity index (χ0) is 21.4. The first-order chi connectivity index (χ1) is 13.4. The SMILES string of the molecule is CC1(C=O)CCCc2cc(OCc3ccc(C(F)(F)F)cc3C(F)(F)F)ccc21. The van der Waals surface area contributed by atoms with Gasteiger partial charge in [0, 0.05) is 11.0 Å². The molecule has 0 amide bonds. The molecule has 29 heavy (non-hydrogen) atoms. The van der Waals surface area contributed by atoms with E-state index in [0.717, 1.165) is 29.9 Å². The second-order valence-electron chi connectivity index (χ2n) is 7.36. The van der Waals surface area contributed by atoms with Gasteiger partial charge < -0.3 is 9.53 Å². The monoisotopic (exact) mass is 416 g/mol. The van der Waals surface area contributed by atoms with Gasteiger partial charge in [-0.2, -0.15) is 26.3 Å². The van der Waals surface area contributed by atoms with E-state index in [9.17, 15) is 31.1 Å². The summed E-state index contributed by atoms with van der Waals surface area (Å²) in [5, 5.41) is 0. The van der Waals surface area contributed by atoms with Crippen molar-refractivity contribution >= 4 is 6.29 Å². The summed E-state index contributed by atoms with van der Waals surface area (Å²) >= 11 is 0. The summed E-state index contributed by atoms with van der Waals surface area (Å²) in [5.41, 5.74) is -2.00. The third kappa shape index (κ3) is 4.41. The van der Waals surface area contributed by atoms with Gasteiger partial charge in [-0.25, -0.2) is 0 Å². The molecule has 0 aromatic heterocycles. The first-order valence-electron chi connectivity index (χ1n) is 8.94. The average molecular weight is 416 g/mol. The van der Waals surface area contributed by atoms with Crippen LogP contribution < -0.4 is 4.74 Å². The summed E-state index contributed by atoms with van der Waals surface area (Å²) in [6.45, 7) is 1.30. The Bertz CT molecular complexity index is 916. The highest BCUT2D eigenvalue weighted by atomic mass is 19.4. The number of alkyl halides is 6. The van der Waals surface area contributed by atoms with E-state index in [1.807, 2.05) is 6.92 Å². The van der Waals surface area contributed by atoms with Crippen molar-refractivity contribution in [3.63, 3.8) is 0 Å². The Kier molecular flexibility index (Phi) is 5.40. The Morgan fingerprint density at radius 3 is 2.38 bits per heavy atom. The number of fused-ring (bicyclic) bond motifs is 1. The molecule has 2 nitrogen and oxygen atoms in total. The van der Waals surface area contributed by atoms with Gasteiger partial charge in [-0.1, -0.05) is 12.1 Å². The van der Waals surface area contributed by atoms with Gasteiger partial charge in [0.15, 0.2) is 0 Å². The molecule has 1 aliphatic rings. The van der Waals surface area contributed by atoms with Crippen LogP contribution in [0.1, 0.15) is 47.6 Å². The minimum atomic E-state index is -4.94. The lowest BCUT2D eigenvalue weighted by atomic mass is 9.72. The smallest absolute Gasteiger partial charge is 0.416 e. The van der Waals surface area contributed by atoms with Crippen molar-refractivity contribution in [2.24, 2.45) is 0 Å². The molecule has 0 N–H and O–H groups in total. The summed E-state index contributed by atoms with van der Waals surface area (Å²) in [5.74, 6) is 0.298. The zero-order valence-electron chi connectivity index (χ0n) is 15.5. The first kappa shape index (κ1) is 21.2. The van der Waals surface area contributed by atoms with Gasteiger partial charge in [0.05, 0.1) is 11.1 Å². The van der Waals surface area contributed by atoms with Crippen molar-refractivity contribution < 1.29 is 35.9 Å². The van der Waals surface area contributed by atoms with E-state index in [0.29, 0.717) is 24.7 Å². The third-order valence-corrected chi connectivity index (χ3v) is 5.23. The molecule has 0 radical (unpaired) electrons. The predicted octanol–water partition coefficient (Wildman–Crippen LogP) is 6.10. The second kappa shape index (κ2) is 7.39. The molecule has 1 aliphatic carbocycles. The number of carbonyl (C=O) groups excluding carboxylic acids is 1. The molecule has 1 unspecified atom stereocenters. The van der Waals surface area contributed by atoms with Crippen LogP contribution in [-0.2, 0) is 35.6 Å². The van der Waals surface area contributed by atoms with Crippen LogP contribution in [0.5, 0.6) is 5.75 Å². The lowest BCUT2D eigenvalue weighted by Crippen LogP contribution is -2.29. The fourth-order valence-electron chi connectivity index (χ4n) is 3.63. The topological polar surface area (TPSA) is 26.3 Å². The van der Waals surface area contributed by atoms with E-state index in [4.69, 9.17) is 4.74 Å². The highest BCUT2D eigenvalue weighted by molar-refractivity contribution is 5.70. The van der Waals surface area contributed by atoms with Crippen molar-refractivity contribution in [2.75, 3.05) is 0 Å². The molecule has 3 rings (SSSR count). The summed E-state index contributed by atoms with van der Waals surface area (Å²) < 4.78 is 83.5. The number of carbonyl (C=O) groups is 1. The molecule has 0 spiro atoms. The molecule has 0 saturated carbocycles. The quantitative estimate of drug-likeness (QED) is 0.445. The molecular weight excluding hydrogens is 398 g/mol. The van der Waals surface area contributed by atoms with E-state index in [1.54, 1.807) is 18.2 Å².